The lowest BCUT2D eigenvalue weighted by atomic mass is 9.94. The number of methoxy groups -OCH3 is 1. The van der Waals surface area contributed by atoms with Crippen LogP contribution in [0.2, 0.25) is 0 Å². The molecule has 0 aromatic heterocycles. The van der Waals surface area contributed by atoms with Crippen LogP contribution in [0.15, 0.2) is 24.3 Å². The Morgan fingerprint density at radius 2 is 2.00 bits per heavy atom. The van der Waals surface area contributed by atoms with Gasteiger partial charge in [-0.05, 0) is 50.6 Å². The van der Waals surface area contributed by atoms with E-state index in [-0.39, 0.29) is 5.91 Å². The lowest BCUT2D eigenvalue weighted by Crippen LogP contribution is -2.53. The first-order valence-electron chi connectivity index (χ1n) is 7.33. The first-order chi connectivity index (χ1) is 9.92. The van der Waals surface area contributed by atoms with Gasteiger partial charge in [-0.25, -0.2) is 0 Å². The van der Waals surface area contributed by atoms with Gasteiger partial charge in [-0.15, -0.1) is 0 Å². The molecule has 0 fully saturated rings. The number of likely N-dealkylation sites (N-methyl/N-ethyl adjacent to an activating group) is 1. The molecule has 0 spiro atoms. The molecule has 0 bridgehead atoms. The molecule has 1 atom stereocenters. The third kappa shape index (κ3) is 4.93. The summed E-state index contributed by atoms with van der Waals surface area (Å²) in [6.45, 7) is 5.44. The van der Waals surface area contributed by atoms with Gasteiger partial charge in [0.25, 0.3) is 0 Å². The molecule has 118 valence electrons. The standard InChI is InChI=1S/C16H27N3O2/c1-5-18-16(2,15(17)20)11-6-12-19(3)13-7-9-14(21-4)10-8-13/h7-10,18H,5-6,11-12H2,1-4H3,(H2,17,20). The number of rotatable bonds is 9. The van der Waals surface area contributed by atoms with E-state index in [9.17, 15) is 4.79 Å². The monoisotopic (exact) mass is 293 g/mol. The number of hydrogen-bond donors (Lipinski definition) is 2. The van der Waals surface area contributed by atoms with E-state index < -0.39 is 5.54 Å². The van der Waals surface area contributed by atoms with Gasteiger partial charge in [0.1, 0.15) is 5.75 Å². The second-order valence-corrected chi connectivity index (χ2v) is 5.45. The number of anilines is 1. The van der Waals surface area contributed by atoms with Gasteiger partial charge in [0.2, 0.25) is 5.91 Å². The van der Waals surface area contributed by atoms with Crippen molar-refractivity contribution < 1.29 is 9.53 Å². The summed E-state index contributed by atoms with van der Waals surface area (Å²) >= 11 is 0. The van der Waals surface area contributed by atoms with Crippen LogP contribution in [0.3, 0.4) is 0 Å². The SMILES string of the molecule is CCNC(C)(CCCN(C)c1ccc(OC)cc1)C(N)=O. The van der Waals surface area contributed by atoms with E-state index in [1.165, 1.54) is 0 Å². The Kier molecular flexibility index (Phi) is 6.49. The van der Waals surface area contributed by atoms with E-state index in [1.54, 1.807) is 7.11 Å². The van der Waals surface area contributed by atoms with Crippen LogP contribution >= 0.6 is 0 Å². The van der Waals surface area contributed by atoms with Crippen molar-refractivity contribution in [1.82, 2.24) is 5.32 Å². The third-order valence-corrected chi connectivity index (χ3v) is 3.79. The molecule has 21 heavy (non-hydrogen) atoms. The summed E-state index contributed by atoms with van der Waals surface area (Å²) in [5.74, 6) is 0.553. The van der Waals surface area contributed by atoms with E-state index >= 15 is 0 Å². The van der Waals surface area contributed by atoms with Crippen LogP contribution in [-0.2, 0) is 4.79 Å². The molecule has 1 aromatic carbocycles. The van der Waals surface area contributed by atoms with Gasteiger partial charge in [0, 0.05) is 19.3 Å². The second kappa shape index (κ2) is 7.88. The average molecular weight is 293 g/mol. The fraction of sp³-hybridized carbons (Fsp3) is 0.562. The fourth-order valence-corrected chi connectivity index (χ4v) is 2.32. The third-order valence-electron chi connectivity index (χ3n) is 3.79. The van der Waals surface area contributed by atoms with Crippen LogP contribution in [0.1, 0.15) is 26.7 Å². The van der Waals surface area contributed by atoms with Gasteiger partial charge in [0.15, 0.2) is 0 Å². The Hall–Kier alpha value is -1.75. The van der Waals surface area contributed by atoms with Gasteiger partial charge in [-0.2, -0.15) is 0 Å². The highest BCUT2D eigenvalue weighted by Gasteiger charge is 2.29. The van der Waals surface area contributed by atoms with E-state index in [2.05, 4.69) is 10.2 Å². The van der Waals surface area contributed by atoms with E-state index in [0.29, 0.717) is 0 Å². The zero-order chi connectivity index (χ0) is 15.9. The van der Waals surface area contributed by atoms with Crippen molar-refractivity contribution >= 4 is 11.6 Å². The minimum Gasteiger partial charge on any atom is -0.497 e. The number of carbonyl (C=O) groups is 1. The van der Waals surface area contributed by atoms with Crippen molar-refractivity contribution in [3.63, 3.8) is 0 Å². The molecule has 1 aromatic rings. The molecule has 0 radical (unpaired) electrons. The normalized spacial score (nSPS) is 13.5. The Bertz CT molecular complexity index is 447. The number of carbonyl (C=O) groups excluding carboxylic acids is 1. The number of nitrogens with one attached hydrogen (secondary N) is 1. The van der Waals surface area contributed by atoms with Crippen LogP contribution in [0.25, 0.3) is 0 Å². The average Bonchev–Trinajstić information content (AvgIpc) is 2.47. The molecule has 0 saturated heterocycles. The van der Waals surface area contributed by atoms with Crippen molar-refractivity contribution in [2.75, 3.05) is 32.1 Å². The Balaban J connectivity index is 2.51. The predicted molar refractivity (Wildman–Crippen MR) is 86.8 cm³/mol. The summed E-state index contributed by atoms with van der Waals surface area (Å²) in [5.41, 5.74) is 5.98. The number of hydrogen-bond acceptors (Lipinski definition) is 4. The first kappa shape index (κ1) is 17.3. The van der Waals surface area contributed by atoms with Crippen LogP contribution in [0.4, 0.5) is 5.69 Å². The molecular weight excluding hydrogens is 266 g/mol. The molecule has 0 aliphatic carbocycles. The van der Waals surface area contributed by atoms with Crippen molar-refractivity contribution in [3.05, 3.63) is 24.3 Å². The Morgan fingerprint density at radius 1 is 1.38 bits per heavy atom. The largest absolute Gasteiger partial charge is 0.497 e. The lowest BCUT2D eigenvalue weighted by Gasteiger charge is -2.28. The summed E-state index contributed by atoms with van der Waals surface area (Å²) in [4.78, 5) is 13.7. The van der Waals surface area contributed by atoms with Gasteiger partial charge >= 0.3 is 0 Å². The highest BCUT2D eigenvalue weighted by Crippen LogP contribution is 2.19. The maximum atomic E-state index is 11.6. The fourth-order valence-electron chi connectivity index (χ4n) is 2.32. The first-order valence-corrected chi connectivity index (χ1v) is 7.33. The molecule has 5 nitrogen and oxygen atoms in total. The molecular formula is C16H27N3O2. The van der Waals surface area contributed by atoms with Gasteiger partial charge in [-0.3, -0.25) is 4.79 Å². The Labute approximate surface area is 127 Å². The summed E-state index contributed by atoms with van der Waals surface area (Å²) in [6.07, 6.45) is 1.60. The molecule has 1 rings (SSSR count). The number of amides is 1. The lowest BCUT2D eigenvalue weighted by molar-refractivity contribution is -0.124. The molecule has 5 heteroatoms. The summed E-state index contributed by atoms with van der Waals surface area (Å²) < 4.78 is 5.15. The predicted octanol–water partition coefficient (Wildman–Crippen LogP) is 1.77. The Morgan fingerprint density at radius 3 is 2.48 bits per heavy atom. The van der Waals surface area contributed by atoms with E-state index in [1.807, 2.05) is 45.2 Å². The quantitative estimate of drug-likeness (QED) is 0.728. The van der Waals surface area contributed by atoms with E-state index in [4.69, 9.17) is 10.5 Å². The minimum absolute atomic E-state index is 0.295. The summed E-state index contributed by atoms with van der Waals surface area (Å²) in [5, 5.41) is 3.18. The van der Waals surface area contributed by atoms with Crippen LogP contribution < -0.4 is 20.7 Å². The molecule has 1 amide bonds. The van der Waals surface area contributed by atoms with Crippen molar-refractivity contribution in [3.8, 4) is 5.75 Å². The molecule has 1 unspecified atom stereocenters. The summed E-state index contributed by atoms with van der Waals surface area (Å²) in [6, 6.07) is 7.93. The van der Waals surface area contributed by atoms with E-state index in [0.717, 1.165) is 37.4 Å². The highest BCUT2D eigenvalue weighted by molar-refractivity contribution is 5.84. The maximum absolute atomic E-state index is 11.6. The number of ether oxygens (including phenoxy) is 1. The number of benzene rings is 1. The highest BCUT2D eigenvalue weighted by atomic mass is 16.5. The van der Waals surface area contributed by atoms with Gasteiger partial charge < -0.3 is 20.7 Å². The van der Waals surface area contributed by atoms with Gasteiger partial charge in [0.05, 0.1) is 12.6 Å². The van der Waals surface area contributed by atoms with Gasteiger partial charge in [-0.1, -0.05) is 6.92 Å². The zero-order valence-electron chi connectivity index (χ0n) is 13.5. The van der Waals surface area contributed by atoms with Crippen LogP contribution in [-0.4, -0.2) is 38.7 Å². The number of nitrogens with zero attached hydrogens (tertiary/aromatic N) is 1. The molecule has 0 heterocycles. The van der Waals surface area contributed by atoms with Crippen molar-refractivity contribution in [1.29, 1.82) is 0 Å². The van der Waals surface area contributed by atoms with Crippen LogP contribution in [0, 0.1) is 0 Å². The molecule has 3 N–H and O–H groups in total. The molecule has 0 aliphatic heterocycles. The van der Waals surface area contributed by atoms with Crippen molar-refractivity contribution in [2.24, 2.45) is 5.73 Å². The number of nitrogens with two attached hydrogens (primary N) is 1. The topological polar surface area (TPSA) is 67.6 Å². The maximum Gasteiger partial charge on any atom is 0.237 e. The van der Waals surface area contributed by atoms with Crippen LogP contribution in [0.5, 0.6) is 5.75 Å². The zero-order valence-corrected chi connectivity index (χ0v) is 13.5. The van der Waals surface area contributed by atoms with Crippen molar-refractivity contribution in [2.45, 2.75) is 32.2 Å². The molecule has 0 saturated carbocycles. The minimum atomic E-state index is -0.629. The number of primary amides is 1. The smallest absolute Gasteiger partial charge is 0.237 e. The molecule has 0 aliphatic rings. The second-order valence-electron chi connectivity index (χ2n) is 5.45. The summed E-state index contributed by atoms with van der Waals surface area (Å²) in [7, 11) is 3.70.